The number of rotatable bonds is 5. The molecule has 1 aromatic carbocycles. The molecule has 1 N–H and O–H groups in total. The molecule has 0 amide bonds. The summed E-state index contributed by atoms with van der Waals surface area (Å²) >= 11 is 11.8. The number of nitrogens with one attached hydrogen (secondary N) is 1. The third-order valence-electron chi connectivity index (χ3n) is 2.23. The normalized spacial score (nSPS) is 10.3. The predicted octanol–water partition coefficient (Wildman–Crippen LogP) is 4.40. The van der Waals surface area contributed by atoms with Crippen LogP contribution in [0.4, 0.5) is 5.82 Å². The third kappa shape index (κ3) is 4.26. The van der Waals surface area contributed by atoms with Crippen LogP contribution in [-0.2, 0) is 0 Å². The van der Waals surface area contributed by atoms with Gasteiger partial charge in [-0.05, 0) is 24.6 Å². The molecule has 0 aliphatic rings. The van der Waals surface area contributed by atoms with Crippen molar-refractivity contribution in [1.29, 1.82) is 0 Å². The van der Waals surface area contributed by atoms with Crippen molar-refractivity contribution in [2.75, 3.05) is 11.9 Å². The highest BCUT2D eigenvalue weighted by Gasteiger charge is 2.04. The predicted molar refractivity (Wildman–Crippen MR) is 77.3 cm³/mol. The van der Waals surface area contributed by atoms with Gasteiger partial charge in [0.2, 0.25) is 5.88 Å². The highest BCUT2D eigenvalue weighted by molar-refractivity contribution is 6.34. The molecular weight excluding hydrogens is 285 g/mol. The number of nitrogens with zero attached hydrogens (tertiary/aromatic N) is 2. The van der Waals surface area contributed by atoms with E-state index in [2.05, 4.69) is 22.2 Å². The van der Waals surface area contributed by atoms with Gasteiger partial charge < -0.3 is 10.1 Å². The van der Waals surface area contributed by atoms with Crippen molar-refractivity contribution in [2.45, 2.75) is 13.3 Å². The topological polar surface area (TPSA) is 47.0 Å². The first-order chi connectivity index (χ1) is 9.17. The van der Waals surface area contributed by atoms with E-state index in [1.54, 1.807) is 24.4 Å². The first kappa shape index (κ1) is 13.9. The Hall–Kier alpha value is -1.52. The lowest BCUT2D eigenvalue weighted by Crippen LogP contribution is -2.02. The summed E-state index contributed by atoms with van der Waals surface area (Å²) in [7, 11) is 0. The third-order valence-corrected chi connectivity index (χ3v) is 2.66. The summed E-state index contributed by atoms with van der Waals surface area (Å²) in [6.07, 6.45) is 4.19. The molecule has 0 atom stereocenters. The van der Waals surface area contributed by atoms with Gasteiger partial charge >= 0.3 is 0 Å². The van der Waals surface area contributed by atoms with Crippen LogP contribution in [-0.4, -0.2) is 16.5 Å². The van der Waals surface area contributed by atoms with Crippen molar-refractivity contribution in [3.8, 4) is 11.6 Å². The fourth-order valence-corrected chi connectivity index (χ4v) is 1.95. The highest BCUT2D eigenvalue weighted by Crippen LogP contribution is 2.27. The standard InChI is InChI=1S/C13H13Cl2N3O/c1-2-3-17-12-7-16-8-13(18-12)19-11-5-9(14)4-10(15)6-11/h4-8H,2-3H2,1H3,(H,17,18). The summed E-state index contributed by atoms with van der Waals surface area (Å²) in [4.78, 5) is 8.35. The molecule has 1 heterocycles. The fourth-order valence-electron chi connectivity index (χ4n) is 1.44. The van der Waals surface area contributed by atoms with Crippen LogP contribution in [0.2, 0.25) is 10.0 Å². The summed E-state index contributed by atoms with van der Waals surface area (Å²) in [5.74, 6) is 1.59. The second-order valence-corrected chi connectivity index (χ2v) is 4.75. The van der Waals surface area contributed by atoms with E-state index in [-0.39, 0.29) is 0 Å². The SMILES string of the molecule is CCCNc1cncc(Oc2cc(Cl)cc(Cl)c2)n1. The zero-order valence-corrected chi connectivity index (χ0v) is 11.9. The molecule has 0 unspecified atom stereocenters. The molecule has 19 heavy (non-hydrogen) atoms. The number of hydrogen-bond acceptors (Lipinski definition) is 4. The maximum absolute atomic E-state index is 5.90. The first-order valence-electron chi connectivity index (χ1n) is 5.87. The van der Waals surface area contributed by atoms with Crippen molar-refractivity contribution >= 4 is 29.0 Å². The Bertz CT molecular complexity index is 543. The van der Waals surface area contributed by atoms with Gasteiger partial charge in [-0.25, -0.2) is 0 Å². The van der Waals surface area contributed by atoms with E-state index in [1.165, 1.54) is 6.20 Å². The second kappa shape index (κ2) is 6.59. The minimum absolute atomic E-state index is 0.388. The quantitative estimate of drug-likeness (QED) is 0.889. The lowest BCUT2D eigenvalue weighted by molar-refractivity contribution is 0.461. The summed E-state index contributed by atoms with van der Waals surface area (Å²) in [5.41, 5.74) is 0. The number of benzene rings is 1. The van der Waals surface area contributed by atoms with Crippen LogP contribution in [0, 0.1) is 0 Å². The zero-order valence-electron chi connectivity index (χ0n) is 10.4. The minimum atomic E-state index is 0.388. The number of hydrogen-bond donors (Lipinski definition) is 1. The second-order valence-electron chi connectivity index (χ2n) is 3.88. The molecule has 0 fully saturated rings. The Kier molecular flexibility index (Phi) is 4.82. The van der Waals surface area contributed by atoms with Gasteiger partial charge in [-0.3, -0.25) is 4.98 Å². The summed E-state index contributed by atoms with van der Waals surface area (Å²) in [6.45, 7) is 2.91. The van der Waals surface area contributed by atoms with Crippen molar-refractivity contribution < 1.29 is 4.74 Å². The van der Waals surface area contributed by atoms with Gasteiger partial charge in [-0.2, -0.15) is 4.98 Å². The van der Waals surface area contributed by atoms with Crippen molar-refractivity contribution in [3.63, 3.8) is 0 Å². The van der Waals surface area contributed by atoms with Crippen molar-refractivity contribution in [1.82, 2.24) is 9.97 Å². The monoisotopic (exact) mass is 297 g/mol. The number of halogens is 2. The summed E-state index contributed by atoms with van der Waals surface area (Å²) < 4.78 is 5.58. The van der Waals surface area contributed by atoms with Crippen LogP contribution in [0.3, 0.4) is 0 Å². The first-order valence-corrected chi connectivity index (χ1v) is 6.63. The molecular formula is C13H13Cl2N3O. The molecule has 0 bridgehead atoms. The Morgan fingerprint density at radius 3 is 2.58 bits per heavy atom. The molecule has 0 radical (unpaired) electrons. The fraction of sp³-hybridized carbons (Fsp3) is 0.231. The molecule has 2 aromatic rings. The van der Waals surface area contributed by atoms with Gasteiger partial charge in [-0.1, -0.05) is 30.1 Å². The highest BCUT2D eigenvalue weighted by atomic mass is 35.5. The van der Waals surface area contributed by atoms with E-state index < -0.39 is 0 Å². The van der Waals surface area contributed by atoms with Gasteiger partial charge in [-0.15, -0.1) is 0 Å². The van der Waals surface area contributed by atoms with Crippen molar-refractivity contribution in [2.24, 2.45) is 0 Å². The number of aromatic nitrogens is 2. The molecule has 100 valence electrons. The average molecular weight is 298 g/mol. The summed E-state index contributed by atoms with van der Waals surface area (Å²) in [6, 6.07) is 4.98. The Balaban J connectivity index is 2.13. The maximum Gasteiger partial charge on any atom is 0.239 e. The van der Waals surface area contributed by atoms with E-state index in [0.29, 0.717) is 27.5 Å². The van der Waals surface area contributed by atoms with E-state index in [9.17, 15) is 0 Å². The summed E-state index contributed by atoms with van der Waals surface area (Å²) in [5, 5.41) is 4.16. The Morgan fingerprint density at radius 2 is 1.89 bits per heavy atom. The largest absolute Gasteiger partial charge is 0.437 e. The molecule has 0 saturated heterocycles. The smallest absolute Gasteiger partial charge is 0.239 e. The Morgan fingerprint density at radius 1 is 1.16 bits per heavy atom. The minimum Gasteiger partial charge on any atom is -0.437 e. The molecule has 0 aliphatic heterocycles. The molecule has 0 aliphatic carbocycles. The average Bonchev–Trinajstić information content (AvgIpc) is 2.35. The molecule has 1 aromatic heterocycles. The van der Waals surface area contributed by atoms with Crippen LogP contribution in [0.25, 0.3) is 0 Å². The Labute approximate surface area is 121 Å². The lowest BCUT2D eigenvalue weighted by atomic mass is 10.3. The van der Waals surface area contributed by atoms with E-state index in [1.807, 2.05) is 0 Å². The molecule has 6 heteroatoms. The van der Waals surface area contributed by atoms with E-state index in [0.717, 1.165) is 13.0 Å². The van der Waals surface area contributed by atoms with Crippen LogP contribution in [0.5, 0.6) is 11.6 Å². The lowest BCUT2D eigenvalue weighted by Gasteiger charge is -2.07. The van der Waals surface area contributed by atoms with Gasteiger partial charge in [0.25, 0.3) is 0 Å². The molecule has 2 rings (SSSR count). The zero-order chi connectivity index (χ0) is 13.7. The van der Waals surface area contributed by atoms with Crippen LogP contribution in [0.1, 0.15) is 13.3 Å². The number of anilines is 1. The van der Waals surface area contributed by atoms with Crippen LogP contribution in [0.15, 0.2) is 30.6 Å². The van der Waals surface area contributed by atoms with E-state index >= 15 is 0 Å². The van der Waals surface area contributed by atoms with Gasteiger partial charge in [0.05, 0.1) is 12.4 Å². The van der Waals surface area contributed by atoms with Crippen molar-refractivity contribution in [3.05, 3.63) is 40.6 Å². The van der Waals surface area contributed by atoms with Crippen LogP contribution < -0.4 is 10.1 Å². The maximum atomic E-state index is 5.90. The van der Waals surface area contributed by atoms with Gasteiger partial charge in [0.1, 0.15) is 11.6 Å². The molecule has 0 saturated carbocycles. The van der Waals surface area contributed by atoms with Gasteiger partial charge in [0.15, 0.2) is 0 Å². The van der Waals surface area contributed by atoms with Gasteiger partial charge in [0, 0.05) is 16.6 Å². The molecule has 4 nitrogen and oxygen atoms in total. The van der Waals surface area contributed by atoms with Crippen LogP contribution >= 0.6 is 23.2 Å². The van der Waals surface area contributed by atoms with E-state index in [4.69, 9.17) is 27.9 Å². The molecule has 0 spiro atoms. The number of ether oxygens (including phenoxy) is 1.